The predicted octanol–water partition coefficient (Wildman–Crippen LogP) is 3.16. The lowest BCUT2D eigenvalue weighted by Crippen LogP contribution is -2.15. The van der Waals surface area contributed by atoms with Crippen LogP contribution in [0.1, 0.15) is 25.3 Å². The van der Waals surface area contributed by atoms with Crippen LogP contribution in [0.15, 0.2) is 18.2 Å². The molecule has 1 aromatic rings. The van der Waals surface area contributed by atoms with Crippen molar-refractivity contribution in [1.82, 2.24) is 0 Å². The van der Waals surface area contributed by atoms with E-state index in [0.717, 1.165) is 12.8 Å². The molecular weight excluding hydrogens is 242 g/mol. The highest BCUT2D eigenvalue weighted by Gasteiger charge is 2.47. The quantitative estimate of drug-likeness (QED) is 0.612. The molecule has 0 aromatic heterocycles. The molecule has 0 N–H and O–H groups in total. The number of benzene rings is 1. The van der Waals surface area contributed by atoms with Crippen LogP contribution in [-0.2, 0) is 11.2 Å². The summed E-state index contributed by atoms with van der Waals surface area (Å²) in [6.45, 7) is 1.55. The highest BCUT2D eigenvalue weighted by atomic mass is 35.5. The average molecular weight is 254 g/mol. The summed E-state index contributed by atoms with van der Waals surface area (Å²) in [6, 6.07) is 4.61. The molecular formula is C12H12ClNO3. The molecule has 0 atom stereocenters. The molecule has 0 spiro atoms. The van der Waals surface area contributed by atoms with E-state index in [-0.39, 0.29) is 16.9 Å². The number of hydrogen-bond donors (Lipinski definition) is 0. The van der Waals surface area contributed by atoms with Crippen molar-refractivity contribution in [1.29, 1.82) is 0 Å². The van der Waals surface area contributed by atoms with E-state index in [4.69, 9.17) is 11.6 Å². The van der Waals surface area contributed by atoms with Crippen molar-refractivity contribution in [3.05, 3.63) is 38.9 Å². The van der Waals surface area contributed by atoms with Crippen molar-refractivity contribution in [2.24, 2.45) is 5.41 Å². The smallest absolute Gasteiger partial charge is 0.274 e. The van der Waals surface area contributed by atoms with Crippen LogP contribution in [0.5, 0.6) is 0 Å². The zero-order valence-electron chi connectivity index (χ0n) is 9.40. The maximum atomic E-state index is 11.5. The molecule has 90 valence electrons. The molecule has 1 saturated carbocycles. The van der Waals surface area contributed by atoms with Crippen LogP contribution < -0.4 is 0 Å². The highest BCUT2D eigenvalue weighted by Crippen LogP contribution is 2.50. The number of carbonyl (C=O) groups is 1. The lowest BCUT2D eigenvalue weighted by atomic mass is 9.92. The maximum absolute atomic E-state index is 11.5. The summed E-state index contributed by atoms with van der Waals surface area (Å²) in [6.07, 6.45) is 2.08. The SMILES string of the molecule is CC(=O)C1(Cc2ccc(Cl)cc2[N+](=O)[O-])CC1. The number of carbonyl (C=O) groups excluding carboxylic acids is 1. The van der Waals surface area contributed by atoms with Gasteiger partial charge >= 0.3 is 0 Å². The van der Waals surface area contributed by atoms with E-state index in [9.17, 15) is 14.9 Å². The van der Waals surface area contributed by atoms with Crippen molar-refractivity contribution in [3.63, 3.8) is 0 Å². The molecule has 0 saturated heterocycles. The minimum atomic E-state index is -0.447. The van der Waals surface area contributed by atoms with E-state index in [1.165, 1.54) is 6.07 Å². The Labute approximate surface area is 104 Å². The molecule has 0 bridgehead atoms. The highest BCUT2D eigenvalue weighted by molar-refractivity contribution is 6.30. The van der Waals surface area contributed by atoms with Gasteiger partial charge in [0.05, 0.1) is 4.92 Å². The summed E-state index contributed by atoms with van der Waals surface area (Å²) in [5.74, 6) is 0.113. The first-order chi connectivity index (χ1) is 7.94. The van der Waals surface area contributed by atoms with Gasteiger partial charge in [-0.1, -0.05) is 17.7 Å². The van der Waals surface area contributed by atoms with Crippen LogP contribution >= 0.6 is 11.6 Å². The van der Waals surface area contributed by atoms with Gasteiger partial charge in [-0.2, -0.15) is 0 Å². The fraction of sp³-hybridized carbons (Fsp3) is 0.417. The molecule has 0 radical (unpaired) electrons. The van der Waals surface area contributed by atoms with Crippen LogP contribution in [-0.4, -0.2) is 10.7 Å². The minimum absolute atomic E-state index is 0.00465. The molecule has 1 aromatic carbocycles. The Kier molecular flexibility index (Phi) is 2.91. The van der Waals surface area contributed by atoms with Crippen LogP contribution in [0.4, 0.5) is 5.69 Å². The van der Waals surface area contributed by atoms with Gasteiger partial charge < -0.3 is 0 Å². The van der Waals surface area contributed by atoms with Crippen molar-refractivity contribution >= 4 is 23.1 Å². The Morgan fingerprint density at radius 2 is 2.18 bits per heavy atom. The van der Waals surface area contributed by atoms with E-state index in [2.05, 4.69) is 0 Å². The molecule has 0 unspecified atom stereocenters. The van der Waals surface area contributed by atoms with E-state index in [1.54, 1.807) is 19.1 Å². The fourth-order valence-electron chi connectivity index (χ4n) is 2.03. The summed E-state index contributed by atoms with van der Waals surface area (Å²) in [5, 5.41) is 11.3. The normalized spacial score (nSPS) is 16.6. The van der Waals surface area contributed by atoms with Gasteiger partial charge in [0.25, 0.3) is 5.69 Å². The lowest BCUT2D eigenvalue weighted by Gasteiger charge is -2.11. The first-order valence-electron chi connectivity index (χ1n) is 5.38. The molecule has 0 aliphatic heterocycles. The Bertz CT molecular complexity index is 495. The second-order valence-corrected chi connectivity index (χ2v) is 4.98. The number of nitrogens with zero attached hydrogens (tertiary/aromatic N) is 1. The molecule has 5 heteroatoms. The third-order valence-corrected chi connectivity index (χ3v) is 3.61. The van der Waals surface area contributed by atoms with Gasteiger partial charge in [0, 0.05) is 22.1 Å². The van der Waals surface area contributed by atoms with Crippen molar-refractivity contribution < 1.29 is 9.72 Å². The van der Waals surface area contributed by atoms with Gasteiger partial charge in [-0.25, -0.2) is 0 Å². The zero-order valence-corrected chi connectivity index (χ0v) is 10.2. The van der Waals surface area contributed by atoms with Crippen LogP contribution in [0, 0.1) is 15.5 Å². The number of rotatable bonds is 4. The van der Waals surface area contributed by atoms with Crippen molar-refractivity contribution in [3.8, 4) is 0 Å². The summed E-state index contributed by atoms with van der Waals surface area (Å²) in [7, 11) is 0. The standard InChI is InChI=1S/C12H12ClNO3/c1-8(15)12(4-5-12)7-9-2-3-10(13)6-11(9)14(16)17/h2-3,6H,4-5,7H2,1H3. The van der Waals surface area contributed by atoms with E-state index in [0.29, 0.717) is 17.0 Å². The first-order valence-corrected chi connectivity index (χ1v) is 5.76. The summed E-state index contributed by atoms with van der Waals surface area (Å²) in [5.41, 5.74) is 0.232. The summed E-state index contributed by atoms with van der Waals surface area (Å²) < 4.78 is 0. The molecule has 0 amide bonds. The first kappa shape index (κ1) is 12.0. The summed E-state index contributed by atoms with van der Waals surface area (Å²) in [4.78, 5) is 21.9. The number of ketones is 1. The number of nitro benzene ring substituents is 1. The van der Waals surface area contributed by atoms with E-state index in [1.807, 2.05) is 0 Å². The second-order valence-electron chi connectivity index (χ2n) is 4.54. The minimum Gasteiger partial charge on any atom is -0.299 e. The third kappa shape index (κ3) is 2.31. The molecule has 1 aliphatic carbocycles. The van der Waals surface area contributed by atoms with Gasteiger partial charge in [-0.15, -0.1) is 0 Å². The van der Waals surface area contributed by atoms with Gasteiger partial charge in [0.1, 0.15) is 5.78 Å². The van der Waals surface area contributed by atoms with Gasteiger partial charge in [0.15, 0.2) is 0 Å². The Morgan fingerprint density at radius 1 is 1.53 bits per heavy atom. The van der Waals surface area contributed by atoms with Crippen molar-refractivity contribution in [2.45, 2.75) is 26.2 Å². The molecule has 4 nitrogen and oxygen atoms in total. The Balaban J connectivity index is 2.33. The van der Waals surface area contributed by atoms with Crippen LogP contribution in [0.25, 0.3) is 0 Å². The average Bonchev–Trinajstić information content (AvgIpc) is 3.01. The van der Waals surface area contributed by atoms with Gasteiger partial charge in [-0.05, 0) is 32.3 Å². The predicted molar refractivity (Wildman–Crippen MR) is 64.2 cm³/mol. The molecule has 1 fully saturated rings. The Hall–Kier alpha value is -1.42. The number of halogens is 1. The molecule has 17 heavy (non-hydrogen) atoms. The fourth-order valence-corrected chi connectivity index (χ4v) is 2.19. The van der Waals surface area contributed by atoms with Gasteiger partial charge in [0.2, 0.25) is 0 Å². The monoisotopic (exact) mass is 253 g/mol. The van der Waals surface area contributed by atoms with Crippen LogP contribution in [0.2, 0.25) is 5.02 Å². The van der Waals surface area contributed by atoms with Crippen molar-refractivity contribution in [2.75, 3.05) is 0 Å². The topological polar surface area (TPSA) is 60.2 Å². The van der Waals surface area contributed by atoms with Crippen LogP contribution in [0.3, 0.4) is 0 Å². The molecule has 0 heterocycles. The second kappa shape index (κ2) is 4.11. The lowest BCUT2D eigenvalue weighted by molar-refractivity contribution is -0.385. The molecule has 2 rings (SSSR count). The maximum Gasteiger partial charge on any atom is 0.274 e. The third-order valence-electron chi connectivity index (χ3n) is 3.37. The zero-order chi connectivity index (χ0) is 12.6. The number of Topliss-reactive ketones (excluding diaryl/α,β-unsaturated/α-hetero) is 1. The van der Waals surface area contributed by atoms with Gasteiger partial charge in [-0.3, -0.25) is 14.9 Å². The number of nitro groups is 1. The summed E-state index contributed by atoms with van der Waals surface area (Å²) >= 11 is 5.74. The van der Waals surface area contributed by atoms with E-state index < -0.39 is 4.92 Å². The Morgan fingerprint density at radius 3 is 2.65 bits per heavy atom. The molecule has 1 aliphatic rings. The van der Waals surface area contributed by atoms with E-state index >= 15 is 0 Å². The number of hydrogen-bond acceptors (Lipinski definition) is 3. The largest absolute Gasteiger partial charge is 0.299 e.